The van der Waals surface area contributed by atoms with Gasteiger partial charge >= 0.3 is 5.97 Å². The van der Waals surface area contributed by atoms with E-state index in [0.717, 1.165) is 17.5 Å². The van der Waals surface area contributed by atoms with Gasteiger partial charge in [-0.25, -0.2) is 9.18 Å². The summed E-state index contributed by atoms with van der Waals surface area (Å²) < 4.78 is 15.4. The number of benzene rings is 1. The Morgan fingerprint density at radius 3 is 2.61 bits per heavy atom. The molecule has 0 atom stereocenters. The molecule has 0 aliphatic rings. The smallest absolute Gasteiger partial charge is 0.335 e. The maximum Gasteiger partial charge on any atom is 0.335 e. The lowest BCUT2D eigenvalue weighted by molar-refractivity contribution is 0.0696. The molecule has 5 heteroatoms. The number of carbonyl (C=O) groups is 1. The lowest BCUT2D eigenvalue weighted by atomic mass is 10.1. The van der Waals surface area contributed by atoms with E-state index in [-0.39, 0.29) is 5.56 Å². The molecule has 1 N–H and O–H groups in total. The first-order valence-corrected chi connectivity index (χ1v) is 5.50. The summed E-state index contributed by atoms with van der Waals surface area (Å²) >= 11 is 0. The Bertz CT molecular complexity index is 605. The van der Waals surface area contributed by atoms with Gasteiger partial charge in [0.1, 0.15) is 5.82 Å². The summed E-state index contributed by atoms with van der Waals surface area (Å²) in [6.45, 7) is 4.06. The van der Waals surface area contributed by atoms with Crippen molar-refractivity contribution < 1.29 is 14.3 Å². The van der Waals surface area contributed by atoms with Crippen LogP contribution in [0, 0.1) is 19.7 Å². The molecule has 0 unspecified atom stereocenters. The Morgan fingerprint density at radius 2 is 2.11 bits per heavy atom. The monoisotopic (exact) mass is 248 g/mol. The lowest BCUT2D eigenvalue weighted by Crippen LogP contribution is -2.07. The van der Waals surface area contributed by atoms with Crippen LogP contribution in [0.5, 0.6) is 0 Å². The zero-order chi connectivity index (χ0) is 13.3. The second-order valence-electron chi connectivity index (χ2n) is 4.20. The predicted octanol–water partition coefficient (Wildman–Crippen LogP) is 2.39. The van der Waals surface area contributed by atoms with Gasteiger partial charge in [0.15, 0.2) is 0 Å². The average molecular weight is 248 g/mol. The first kappa shape index (κ1) is 12.3. The van der Waals surface area contributed by atoms with Crippen molar-refractivity contribution in [3.8, 4) is 0 Å². The van der Waals surface area contributed by atoms with Crippen molar-refractivity contribution >= 4 is 5.97 Å². The molecule has 0 aliphatic heterocycles. The third-order valence-electron chi connectivity index (χ3n) is 2.72. The number of hydrogen-bond donors (Lipinski definition) is 1. The second kappa shape index (κ2) is 4.60. The molecule has 1 heterocycles. The van der Waals surface area contributed by atoms with Crippen LogP contribution in [0.15, 0.2) is 24.3 Å². The zero-order valence-corrected chi connectivity index (χ0v) is 10.1. The number of aromatic carboxylic acids is 1. The highest BCUT2D eigenvalue weighted by Gasteiger charge is 2.10. The second-order valence-corrected chi connectivity index (χ2v) is 4.20. The highest BCUT2D eigenvalue weighted by Crippen LogP contribution is 2.13. The molecular formula is C13H13FN2O2. The molecule has 2 aromatic rings. The van der Waals surface area contributed by atoms with Crippen LogP contribution in [0.25, 0.3) is 0 Å². The average Bonchev–Trinajstić information content (AvgIpc) is 2.60. The summed E-state index contributed by atoms with van der Waals surface area (Å²) in [6, 6.07) is 5.81. The largest absolute Gasteiger partial charge is 0.478 e. The third-order valence-corrected chi connectivity index (χ3v) is 2.72. The van der Waals surface area contributed by atoms with Crippen LogP contribution in [-0.4, -0.2) is 20.9 Å². The fourth-order valence-electron chi connectivity index (χ4n) is 1.80. The standard InChI is InChI=1S/C13H13FN2O2/c1-8-5-9(2)16(15-8)7-11-4-3-10(13(17)18)6-12(11)14/h3-6H,7H2,1-2H3,(H,17,18). The van der Waals surface area contributed by atoms with E-state index in [4.69, 9.17) is 5.11 Å². The molecule has 0 spiro atoms. The number of carboxylic acids is 1. The van der Waals surface area contributed by atoms with Crippen LogP contribution in [-0.2, 0) is 6.54 Å². The first-order chi connectivity index (χ1) is 8.47. The van der Waals surface area contributed by atoms with Gasteiger partial charge in [-0.1, -0.05) is 6.07 Å². The summed E-state index contributed by atoms with van der Waals surface area (Å²) in [5, 5.41) is 13.0. The van der Waals surface area contributed by atoms with Crippen LogP contribution in [0.3, 0.4) is 0 Å². The topological polar surface area (TPSA) is 55.1 Å². The van der Waals surface area contributed by atoms with Crippen LogP contribution < -0.4 is 0 Å². The predicted molar refractivity (Wildman–Crippen MR) is 64.2 cm³/mol. The van der Waals surface area contributed by atoms with Gasteiger partial charge in [-0.05, 0) is 32.0 Å². The van der Waals surface area contributed by atoms with Crippen LogP contribution in [0.4, 0.5) is 4.39 Å². The van der Waals surface area contributed by atoms with E-state index in [2.05, 4.69) is 5.10 Å². The van der Waals surface area contributed by atoms with E-state index in [1.165, 1.54) is 12.1 Å². The number of halogens is 1. The van der Waals surface area contributed by atoms with Crippen LogP contribution in [0.2, 0.25) is 0 Å². The molecular weight excluding hydrogens is 235 g/mol. The summed E-state index contributed by atoms with van der Waals surface area (Å²) in [6.07, 6.45) is 0. The molecule has 0 aliphatic carbocycles. The summed E-state index contributed by atoms with van der Waals surface area (Å²) in [5.74, 6) is -1.66. The maximum absolute atomic E-state index is 13.7. The minimum absolute atomic E-state index is 0.0513. The Kier molecular flexibility index (Phi) is 3.14. The highest BCUT2D eigenvalue weighted by molar-refractivity contribution is 5.87. The van der Waals surface area contributed by atoms with Crippen molar-refractivity contribution in [2.24, 2.45) is 0 Å². The van der Waals surface area contributed by atoms with Gasteiger partial charge in [0, 0.05) is 11.3 Å². The molecule has 4 nitrogen and oxygen atoms in total. The lowest BCUT2D eigenvalue weighted by Gasteiger charge is -2.06. The van der Waals surface area contributed by atoms with E-state index in [0.29, 0.717) is 12.1 Å². The van der Waals surface area contributed by atoms with Crippen LogP contribution in [0.1, 0.15) is 27.3 Å². The van der Waals surface area contributed by atoms with Gasteiger partial charge in [-0.2, -0.15) is 5.10 Å². The number of rotatable bonds is 3. The quantitative estimate of drug-likeness (QED) is 0.907. The zero-order valence-electron chi connectivity index (χ0n) is 10.1. The fraction of sp³-hybridized carbons (Fsp3) is 0.231. The molecule has 2 rings (SSSR count). The highest BCUT2D eigenvalue weighted by atomic mass is 19.1. The SMILES string of the molecule is Cc1cc(C)n(Cc2ccc(C(=O)O)cc2F)n1. The Hall–Kier alpha value is -2.17. The number of hydrogen-bond acceptors (Lipinski definition) is 2. The molecule has 0 radical (unpaired) electrons. The van der Waals surface area contributed by atoms with Crippen molar-refractivity contribution in [2.45, 2.75) is 20.4 Å². The normalized spacial score (nSPS) is 10.6. The van der Waals surface area contributed by atoms with Gasteiger partial charge in [0.05, 0.1) is 17.8 Å². The van der Waals surface area contributed by atoms with Crippen molar-refractivity contribution in [3.05, 3.63) is 52.6 Å². The van der Waals surface area contributed by atoms with Crippen molar-refractivity contribution in [1.29, 1.82) is 0 Å². The molecule has 0 fully saturated rings. The molecule has 1 aromatic carbocycles. The maximum atomic E-state index is 13.7. The molecule has 0 saturated carbocycles. The molecule has 94 valence electrons. The summed E-state index contributed by atoms with van der Waals surface area (Å²) in [7, 11) is 0. The number of nitrogens with zero attached hydrogens (tertiary/aromatic N) is 2. The van der Waals surface area contributed by atoms with Gasteiger partial charge in [-0.3, -0.25) is 4.68 Å². The molecule has 1 aromatic heterocycles. The van der Waals surface area contributed by atoms with E-state index in [1.54, 1.807) is 4.68 Å². The van der Waals surface area contributed by atoms with E-state index < -0.39 is 11.8 Å². The van der Waals surface area contributed by atoms with Gasteiger partial charge < -0.3 is 5.11 Å². The Morgan fingerprint density at radius 1 is 1.39 bits per heavy atom. The molecule has 0 bridgehead atoms. The van der Waals surface area contributed by atoms with E-state index in [9.17, 15) is 9.18 Å². The van der Waals surface area contributed by atoms with Gasteiger partial charge in [0.2, 0.25) is 0 Å². The van der Waals surface area contributed by atoms with Gasteiger partial charge in [-0.15, -0.1) is 0 Å². The number of aryl methyl sites for hydroxylation is 2. The minimum Gasteiger partial charge on any atom is -0.478 e. The van der Waals surface area contributed by atoms with E-state index >= 15 is 0 Å². The number of carboxylic acid groups (broad SMARTS) is 1. The molecule has 0 amide bonds. The first-order valence-electron chi connectivity index (χ1n) is 5.50. The van der Waals surface area contributed by atoms with Crippen LogP contribution >= 0.6 is 0 Å². The van der Waals surface area contributed by atoms with Crippen molar-refractivity contribution in [3.63, 3.8) is 0 Å². The van der Waals surface area contributed by atoms with Crippen molar-refractivity contribution in [1.82, 2.24) is 9.78 Å². The van der Waals surface area contributed by atoms with E-state index in [1.807, 2.05) is 19.9 Å². The summed E-state index contributed by atoms with van der Waals surface area (Å²) in [5.41, 5.74) is 2.18. The third kappa shape index (κ3) is 2.40. The molecule has 0 saturated heterocycles. The summed E-state index contributed by atoms with van der Waals surface area (Å²) in [4.78, 5) is 10.7. The Labute approximate surface area is 104 Å². The number of aromatic nitrogens is 2. The fourth-order valence-corrected chi connectivity index (χ4v) is 1.80. The van der Waals surface area contributed by atoms with Gasteiger partial charge in [0.25, 0.3) is 0 Å². The van der Waals surface area contributed by atoms with Crippen molar-refractivity contribution in [2.75, 3.05) is 0 Å². The Balaban J connectivity index is 2.30. The molecule has 18 heavy (non-hydrogen) atoms. The minimum atomic E-state index is -1.13.